The molecular weight excluding hydrogens is 364 g/mol. The molecule has 1 unspecified atom stereocenters. The first-order chi connectivity index (χ1) is 14.3. The number of likely N-dealkylation sites (tertiary alicyclic amines) is 1. The maximum atomic E-state index is 13.2. The summed E-state index contributed by atoms with van der Waals surface area (Å²) in [6.45, 7) is 2.12. The minimum atomic E-state index is 0.0405. The normalized spacial score (nSPS) is 17.0. The molecule has 0 bridgehead atoms. The van der Waals surface area contributed by atoms with Crippen LogP contribution in [0.1, 0.15) is 40.6 Å². The van der Waals surface area contributed by atoms with E-state index in [1.54, 1.807) is 10.7 Å². The molecule has 29 heavy (non-hydrogen) atoms. The fourth-order valence-corrected chi connectivity index (χ4v) is 4.12. The Bertz CT molecular complexity index is 1130. The largest absolute Gasteiger partial charge is 0.338 e. The number of carbonyl (C=O) groups excluding carboxylic acids is 1. The molecular formula is C22H22N6O. The molecule has 0 aromatic carbocycles. The van der Waals surface area contributed by atoms with Crippen LogP contribution in [0.15, 0.2) is 67.4 Å². The summed E-state index contributed by atoms with van der Waals surface area (Å²) in [6, 6.07) is 11.7. The molecule has 146 valence electrons. The Hall–Kier alpha value is -3.48. The number of nitrogens with zero attached hydrogens (tertiary/aromatic N) is 6. The average molecular weight is 386 g/mol. The summed E-state index contributed by atoms with van der Waals surface area (Å²) in [7, 11) is 0. The van der Waals surface area contributed by atoms with Crippen molar-refractivity contribution in [3.05, 3.63) is 84.5 Å². The highest BCUT2D eigenvalue weighted by atomic mass is 16.2. The summed E-state index contributed by atoms with van der Waals surface area (Å²) in [5.74, 6) is 1.28. The van der Waals surface area contributed by atoms with Crippen LogP contribution < -0.4 is 0 Å². The van der Waals surface area contributed by atoms with Gasteiger partial charge in [-0.05, 0) is 37.1 Å². The molecule has 7 nitrogen and oxygen atoms in total. The number of rotatable bonds is 4. The van der Waals surface area contributed by atoms with Gasteiger partial charge in [0.2, 0.25) is 0 Å². The molecule has 0 spiro atoms. The number of carbonyl (C=O) groups is 1. The van der Waals surface area contributed by atoms with Gasteiger partial charge < -0.3 is 9.47 Å². The third kappa shape index (κ3) is 3.40. The Kier molecular flexibility index (Phi) is 4.56. The van der Waals surface area contributed by atoms with Gasteiger partial charge in [-0.15, -0.1) is 0 Å². The average Bonchev–Trinajstić information content (AvgIpc) is 3.41. The van der Waals surface area contributed by atoms with E-state index in [4.69, 9.17) is 0 Å². The van der Waals surface area contributed by atoms with Gasteiger partial charge in [-0.2, -0.15) is 5.10 Å². The zero-order valence-corrected chi connectivity index (χ0v) is 16.1. The Labute approximate surface area is 168 Å². The molecule has 0 aliphatic carbocycles. The topological polar surface area (TPSA) is 68.3 Å². The molecule has 5 rings (SSSR count). The van der Waals surface area contributed by atoms with E-state index in [1.807, 2.05) is 66.1 Å². The zero-order valence-electron chi connectivity index (χ0n) is 16.1. The Balaban J connectivity index is 1.36. The first-order valence-corrected chi connectivity index (χ1v) is 9.92. The van der Waals surface area contributed by atoms with Crippen molar-refractivity contribution in [1.29, 1.82) is 0 Å². The molecule has 1 aliphatic heterocycles. The maximum Gasteiger partial charge on any atom is 0.257 e. The molecule has 1 saturated heterocycles. The molecule has 5 heterocycles. The summed E-state index contributed by atoms with van der Waals surface area (Å²) in [4.78, 5) is 24.2. The third-order valence-corrected chi connectivity index (χ3v) is 5.54. The second kappa shape index (κ2) is 7.50. The molecule has 0 saturated carbocycles. The standard InChI is InChI=1S/C22H22N6O/c29-22(19-14-25-28-12-4-2-8-20(19)28)27-11-5-6-17(15-27)21-24-10-13-26(21)16-18-7-1-3-9-23-18/h1-4,7-10,12-14,17H,5-6,11,15-16H2. The van der Waals surface area contributed by atoms with E-state index in [0.717, 1.165) is 36.4 Å². The summed E-state index contributed by atoms with van der Waals surface area (Å²) < 4.78 is 3.89. The van der Waals surface area contributed by atoms with Crippen molar-refractivity contribution in [2.24, 2.45) is 0 Å². The molecule has 4 aromatic heterocycles. The summed E-state index contributed by atoms with van der Waals surface area (Å²) in [5, 5.41) is 4.31. The highest BCUT2D eigenvalue weighted by molar-refractivity contribution is 6.00. The van der Waals surface area contributed by atoms with E-state index < -0.39 is 0 Å². The lowest BCUT2D eigenvalue weighted by molar-refractivity contribution is 0.0705. The van der Waals surface area contributed by atoms with Gasteiger partial charge in [0.1, 0.15) is 5.82 Å². The van der Waals surface area contributed by atoms with Crippen LogP contribution in [0.3, 0.4) is 0 Å². The molecule has 1 fully saturated rings. The molecule has 1 aliphatic rings. The number of aromatic nitrogens is 5. The van der Waals surface area contributed by atoms with Crippen molar-refractivity contribution in [2.45, 2.75) is 25.3 Å². The predicted octanol–water partition coefficient (Wildman–Crippen LogP) is 2.99. The van der Waals surface area contributed by atoms with E-state index in [1.165, 1.54) is 0 Å². The Morgan fingerprint density at radius 3 is 2.90 bits per heavy atom. The van der Waals surface area contributed by atoms with Crippen LogP contribution in [0.25, 0.3) is 5.52 Å². The molecule has 1 amide bonds. The van der Waals surface area contributed by atoms with Crippen LogP contribution in [0.5, 0.6) is 0 Å². The van der Waals surface area contributed by atoms with Crippen molar-refractivity contribution >= 4 is 11.4 Å². The zero-order chi connectivity index (χ0) is 19.6. The number of piperidine rings is 1. The van der Waals surface area contributed by atoms with Crippen molar-refractivity contribution in [3.63, 3.8) is 0 Å². The molecule has 7 heteroatoms. The lowest BCUT2D eigenvalue weighted by Crippen LogP contribution is -2.39. The Morgan fingerprint density at radius 1 is 1.07 bits per heavy atom. The molecule has 0 radical (unpaired) electrons. The number of hydrogen-bond donors (Lipinski definition) is 0. The van der Waals surface area contributed by atoms with Crippen molar-refractivity contribution < 1.29 is 4.79 Å². The summed E-state index contributed by atoms with van der Waals surface area (Å²) in [6.07, 6.45) is 11.2. The number of fused-ring (bicyclic) bond motifs is 1. The monoisotopic (exact) mass is 386 g/mol. The van der Waals surface area contributed by atoms with Gasteiger partial charge in [0, 0.05) is 43.8 Å². The maximum absolute atomic E-state index is 13.2. The number of hydrogen-bond acceptors (Lipinski definition) is 4. The third-order valence-electron chi connectivity index (χ3n) is 5.54. The fraction of sp³-hybridized carbons (Fsp3) is 0.273. The van der Waals surface area contributed by atoms with E-state index in [9.17, 15) is 4.79 Å². The van der Waals surface area contributed by atoms with Crippen LogP contribution in [-0.4, -0.2) is 48.0 Å². The van der Waals surface area contributed by atoms with E-state index in [-0.39, 0.29) is 11.8 Å². The quantitative estimate of drug-likeness (QED) is 0.541. The van der Waals surface area contributed by atoms with Gasteiger partial charge in [0.25, 0.3) is 5.91 Å². The van der Waals surface area contributed by atoms with E-state index in [2.05, 4.69) is 19.6 Å². The second-order valence-corrected chi connectivity index (χ2v) is 7.41. The van der Waals surface area contributed by atoms with Crippen LogP contribution in [0.4, 0.5) is 0 Å². The summed E-state index contributed by atoms with van der Waals surface area (Å²) >= 11 is 0. The van der Waals surface area contributed by atoms with Crippen LogP contribution in [0.2, 0.25) is 0 Å². The fourth-order valence-electron chi connectivity index (χ4n) is 4.12. The number of pyridine rings is 2. The van der Waals surface area contributed by atoms with Crippen LogP contribution in [-0.2, 0) is 6.54 Å². The molecule has 0 N–H and O–H groups in total. The highest BCUT2D eigenvalue weighted by Crippen LogP contribution is 2.27. The highest BCUT2D eigenvalue weighted by Gasteiger charge is 2.29. The van der Waals surface area contributed by atoms with Crippen molar-refractivity contribution in [2.75, 3.05) is 13.1 Å². The lowest BCUT2D eigenvalue weighted by Gasteiger charge is -2.32. The first kappa shape index (κ1) is 17.6. The molecule has 1 atom stereocenters. The van der Waals surface area contributed by atoms with Gasteiger partial charge in [-0.1, -0.05) is 12.1 Å². The lowest BCUT2D eigenvalue weighted by atomic mass is 9.96. The van der Waals surface area contributed by atoms with E-state index >= 15 is 0 Å². The van der Waals surface area contributed by atoms with Crippen molar-refractivity contribution in [3.8, 4) is 0 Å². The van der Waals surface area contributed by atoms with Gasteiger partial charge in [-0.25, -0.2) is 9.50 Å². The SMILES string of the molecule is O=C(c1cnn2ccccc12)N1CCCC(c2nccn2Cc2ccccn2)C1. The minimum Gasteiger partial charge on any atom is -0.338 e. The van der Waals surface area contributed by atoms with Gasteiger partial charge >= 0.3 is 0 Å². The predicted molar refractivity (Wildman–Crippen MR) is 109 cm³/mol. The number of amides is 1. The smallest absolute Gasteiger partial charge is 0.257 e. The van der Waals surface area contributed by atoms with E-state index in [0.29, 0.717) is 18.7 Å². The minimum absolute atomic E-state index is 0.0405. The van der Waals surface area contributed by atoms with Crippen LogP contribution in [0, 0.1) is 0 Å². The van der Waals surface area contributed by atoms with Crippen molar-refractivity contribution in [1.82, 2.24) is 29.0 Å². The first-order valence-electron chi connectivity index (χ1n) is 9.92. The van der Waals surface area contributed by atoms with Gasteiger partial charge in [0.15, 0.2) is 0 Å². The number of imidazole rings is 1. The van der Waals surface area contributed by atoms with Gasteiger partial charge in [0.05, 0.1) is 29.5 Å². The van der Waals surface area contributed by atoms with Crippen LogP contribution >= 0.6 is 0 Å². The molecule has 4 aromatic rings. The van der Waals surface area contributed by atoms with Gasteiger partial charge in [-0.3, -0.25) is 9.78 Å². The Morgan fingerprint density at radius 2 is 2.00 bits per heavy atom. The summed E-state index contributed by atoms with van der Waals surface area (Å²) in [5.41, 5.74) is 2.50. The second-order valence-electron chi connectivity index (χ2n) is 7.41.